The number of hydrogen-bond donors (Lipinski definition) is 0. The summed E-state index contributed by atoms with van der Waals surface area (Å²) >= 11 is 0. The first-order valence-electron chi connectivity index (χ1n) is 49.2. The van der Waals surface area contributed by atoms with Crippen LogP contribution in [0.5, 0.6) is 0 Å². The van der Waals surface area contributed by atoms with E-state index in [2.05, 4.69) is 260 Å². The number of hydrogen-bond acceptors (Lipinski definition) is 3. The van der Waals surface area contributed by atoms with Crippen molar-refractivity contribution >= 4 is 166 Å². The fourth-order valence-corrected chi connectivity index (χ4v) is 19.3. The first-order chi connectivity index (χ1) is 64.7. The van der Waals surface area contributed by atoms with Crippen LogP contribution in [-0.2, 0) is 21.7 Å². The molecule has 23 rings (SSSR count). The second kappa shape index (κ2) is 25.8. The summed E-state index contributed by atoms with van der Waals surface area (Å²) < 4.78 is 168. The van der Waals surface area contributed by atoms with Crippen molar-refractivity contribution in [1.29, 1.82) is 0 Å². The maximum absolute atomic E-state index is 10.0. The molecule has 7 heterocycles. The van der Waals surface area contributed by atoms with Gasteiger partial charge in [0.1, 0.15) is 0 Å². The average Bonchev–Trinajstić information content (AvgIpc) is 1.15. The van der Waals surface area contributed by atoms with Crippen LogP contribution in [0.15, 0.2) is 338 Å². The van der Waals surface area contributed by atoms with Crippen molar-refractivity contribution in [3.05, 3.63) is 356 Å². The number of rotatable bonds is 8. The minimum atomic E-state index is -0.726. The standard InChI is InChI=1S/C112H91BN6O/c1-109(2,3)70-48-56-95-85(60-70)86-61-71(110(4,5)6)49-57-96(86)115(95)74-52-54-89-101(64-74)118(100-47-29-41-84-83-40-28-46-99(107(83)120-108(84)100)117-93-44-25-21-36-81(93)82-37-22-26-45-94(82)117)103-66-76(116-97-58-50-72(111(7,8)9)62-87(97)88-63-73(112(10,11)12)51-59-98(88)116)67-104-105(103)113(89)90-55-53-75(114-91-42-23-19-34-79(91)80-35-20-24-43-92(80)114)65-102(90)119(104)106-77(68-30-15-13-16-31-68)38-27-39-78(106)69-32-17-14-18-33-69/h13-67H,1-12H3/i19D,20D,21D,22D,23D,24D,25D,26D,34D,35D,36D,37D,42D,43D,44D,45D. The second-order valence-electron chi connectivity index (χ2n) is 36.5. The number of furan rings is 1. The molecule has 120 heavy (non-hydrogen) atoms. The third-order valence-corrected chi connectivity index (χ3v) is 25.3. The van der Waals surface area contributed by atoms with E-state index in [1.165, 1.54) is 15.7 Å². The highest BCUT2D eigenvalue weighted by atomic mass is 16.3. The van der Waals surface area contributed by atoms with E-state index in [-0.39, 0.29) is 76.5 Å². The number of anilines is 6. The molecule has 0 fully saturated rings. The third-order valence-electron chi connectivity index (χ3n) is 25.3. The summed E-state index contributed by atoms with van der Waals surface area (Å²) in [6.07, 6.45) is 0. The molecule has 8 heteroatoms. The van der Waals surface area contributed by atoms with E-state index < -0.39 is 103 Å². The number of aromatic nitrogens is 4. The molecular weight excluding hydrogens is 1460 g/mol. The minimum Gasteiger partial charge on any atom is -0.452 e. The van der Waals surface area contributed by atoms with Gasteiger partial charge < -0.3 is 32.5 Å². The Balaban J connectivity index is 0.920. The Morgan fingerprint density at radius 3 is 1.02 bits per heavy atom. The molecule has 2 aliphatic heterocycles. The lowest BCUT2D eigenvalue weighted by atomic mass is 9.33. The summed E-state index contributed by atoms with van der Waals surface area (Å²) in [7, 11) is 0. The van der Waals surface area contributed by atoms with E-state index in [0.717, 1.165) is 122 Å². The molecule has 16 aromatic carbocycles. The summed E-state index contributed by atoms with van der Waals surface area (Å²) in [4.78, 5) is 4.68. The lowest BCUT2D eigenvalue weighted by molar-refractivity contribution is 0.590. The van der Waals surface area contributed by atoms with Crippen LogP contribution in [0.3, 0.4) is 0 Å². The van der Waals surface area contributed by atoms with Crippen molar-refractivity contribution in [2.75, 3.05) is 9.80 Å². The normalized spacial score (nSPS) is 15.2. The van der Waals surface area contributed by atoms with Crippen molar-refractivity contribution in [2.45, 2.75) is 105 Å². The summed E-state index contributed by atoms with van der Waals surface area (Å²) in [5.74, 6) is 0. The number of benzene rings is 16. The molecule has 21 aromatic rings. The zero-order valence-corrected chi connectivity index (χ0v) is 68.7. The molecule has 0 saturated carbocycles. The second-order valence-corrected chi connectivity index (χ2v) is 36.5. The lowest BCUT2D eigenvalue weighted by Crippen LogP contribution is -2.61. The molecule has 0 spiro atoms. The van der Waals surface area contributed by atoms with Gasteiger partial charge in [0.2, 0.25) is 0 Å². The Morgan fingerprint density at radius 1 is 0.258 bits per heavy atom. The predicted molar refractivity (Wildman–Crippen MR) is 511 cm³/mol. The van der Waals surface area contributed by atoms with Gasteiger partial charge in [-0.05, 0) is 193 Å². The van der Waals surface area contributed by atoms with Crippen LogP contribution in [0, 0.1) is 0 Å². The lowest BCUT2D eigenvalue weighted by Gasteiger charge is -2.45. The smallest absolute Gasteiger partial charge is 0.252 e. The fourth-order valence-electron chi connectivity index (χ4n) is 19.3. The van der Waals surface area contributed by atoms with Crippen LogP contribution in [0.4, 0.5) is 34.1 Å². The zero-order chi connectivity index (χ0) is 95.2. The minimum absolute atomic E-state index is 0.0336. The molecule has 0 saturated heterocycles. The van der Waals surface area contributed by atoms with Crippen LogP contribution in [-0.4, -0.2) is 25.0 Å². The van der Waals surface area contributed by atoms with Gasteiger partial charge in [0.15, 0.2) is 11.2 Å². The molecule has 0 bridgehead atoms. The maximum Gasteiger partial charge on any atom is 0.252 e. The number of nitrogens with zero attached hydrogens (tertiary/aromatic N) is 6. The van der Waals surface area contributed by atoms with Gasteiger partial charge in [0.05, 0.1) is 88.8 Å². The predicted octanol–water partition coefficient (Wildman–Crippen LogP) is 28.6. The van der Waals surface area contributed by atoms with Crippen molar-refractivity contribution in [3.63, 3.8) is 0 Å². The van der Waals surface area contributed by atoms with Gasteiger partial charge in [0, 0.05) is 99.1 Å². The van der Waals surface area contributed by atoms with Crippen LogP contribution in [0.1, 0.15) is 127 Å². The fraction of sp³-hybridized carbons (Fsp3) is 0.143. The maximum atomic E-state index is 10.0. The summed E-state index contributed by atoms with van der Waals surface area (Å²) in [6, 6.07) is 75.1. The zero-order valence-electron chi connectivity index (χ0n) is 84.7. The molecule has 2 aliphatic rings. The molecule has 0 radical (unpaired) electrons. The molecule has 7 nitrogen and oxygen atoms in total. The van der Waals surface area contributed by atoms with Crippen molar-refractivity contribution in [1.82, 2.24) is 18.3 Å². The average molecular weight is 1560 g/mol. The van der Waals surface area contributed by atoms with E-state index in [1.54, 1.807) is 10.6 Å². The molecule has 578 valence electrons. The molecular formula is C112H91BN6O. The van der Waals surface area contributed by atoms with Gasteiger partial charge in [-0.3, -0.25) is 0 Å². The highest BCUT2D eigenvalue weighted by Crippen LogP contribution is 2.55. The van der Waals surface area contributed by atoms with Crippen molar-refractivity contribution in [3.8, 4) is 45.0 Å². The van der Waals surface area contributed by atoms with Gasteiger partial charge in [-0.15, -0.1) is 0 Å². The largest absolute Gasteiger partial charge is 0.452 e. The van der Waals surface area contributed by atoms with E-state index in [4.69, 9.17) is 7.16 Å². The summed E-state index contributed by atoms with van der Waals surface area (Å²) in [5.41, 5.74) is 20.1. The van der Waals surface area contributed by atoms with Gasteiger partial charge in [0.25, 0.3) is 6.71 Å². The number of para-hydroxylation sites is 7. The Bertz CT molecular complexity index is 8590. The van der Waals surface area contributed by atoms with Crippen LogP contribution >= 0.6 is 0 Å². The van der Waals surface area contributed by atoms with Crippen molar-refractivity contribution in [2.24, 2.45) is 0 Å². The van der Waals surface area contributed by atoms with Crippen LogP contribution < -0.4 is 26.2 Å². The topological polar surface area (TPSA) is 39.3 Å². The summed E-state index contributed by atoms with van der Waals surface area (Å²) in [6.45, 7) is 26.1. The molecule has 0 unspecified atom stereocenters. The van der Waals surface area contributed by atoms with E-state index in [0.29, 0.717) is 39.1 Å². The van der Waals surface area contributed by atoms with Crippen LogP contribution in [0.2, 0.25) is 0 Å². The summed E-state index contributed by atoms with van der Waals surface area (Å²) in [5, 5.41) is 5.19. The van der Waals surface area contributed by atoms with E-state index >= 15 is 0 Å². The Morgan fingerprint density at radius 2 is 0.600 bits per heavy atom. The highest BCUT2D eigenvalue weighted by Gasteiger charge is 2.46. The monoisotopic (exact) mass is 1560 g/mol. The Kier molecular flexibility index (Phi) is 12.2. The van der Waals surface area contributed by atoms with Crippen molar-refractivity contribution < 1.29 is 26.3 Å². The van der Waals surface area contributed by atoms with Crippen LogP contribution in [0.25, 0.3) is 154 Å². The Hall–Kier alpha value is -13.8. The molecule has 0 aliphatic carbocycles. The van der Waals surface area contributed by atoms with Gasteiger partial charge in [-0.25, -0.2) is 0 Å². The molecule has 0 N–H and O–H groups in total. The molecule has 5 aromatic heterocycles. The van der Waals surface area contributed by atoms with E-state index in [1.807, 2.05) is 72.8 Å². The Labute approximate surface area is 722 Å². The third kappa shape index (κ3) is 10.7. The first-order valence-corrected chi connectivity index (χ1v) is 41.2. The number of fused-ring (bicyclic) bond motifs is 19. The van der Waals surface area contributed by atoms with Gasteiger partial charge in [-0.1, -0.05) is 295 Å². The van der Waals surface area contributed by atoms with E-state index in [9.17, 15) is 19.2 Å². The molecule has 0 atom stereocenters. The molecule has 0 amide bonds. The van der Waals surface area contributed by atoms with Gasteiger partial charge in [-0.2, -0.15) is 0 Å². The highest BCUT2D eigenvalue weighted by molar-refractivity contribution is 7.00. The first kappa shape index (κ1) is 56.5. The van der Waals surface area contributed by atoms with Gasteiger partial charge >= 0.3 is 0 Å². The quantitative estimate of drug-likeness (QED) is 0.142. The SMILES string of the molecule is [2H]c1c([2H])c([2H])c2c(c1[2H])c1c([2H])c([2H])c([2H])c([2H])c1n2-c1ccc2c(c1)N(c1c(-c3ccccc3)cccc1-c1ccccc1)c1cc(-n3c4ccc(C(C)(C)C)cc4c4cc(C(C)(C)C)ccc43)cc3c1B2c1ccc(-n2c4ccc(C(C)(C)C)cc4c4cc(C(C)(C)C)ccc42)cc1N3c1cccc2c1oc1c(-n3c4c([2H])c([2H])c([2H])c([2H])c4c4c([2H])c([2H])c([2H])c([2H])c43)cccc12.